The molecule has 0 aliphatic rings. The summed E-state index contributed by atoms with van der Waals surface area (Å²) in [4.78, 5) is 59.3. The quantitative estimate of drug-likeness (QED) is 0.456. The number of carboxylic acid groups (broad SMARTS) is 1. The van der Waals surface area contributed by atoms with Crippen LogP contribution in [0.4, 0.5) is 9.18 Å². The Kier molecular flexibility index (Phi) is 9.10. The molecule has 0 aliphatic carbocycles. The third-order valence-corrected chi connectivity index (χ3v) is 4.60. The average Bonchev–Trinajstić information content (AvgIpc) is 2.70. The highest BCUT2D eigenvalue weighted by Crippen LogP contribution is 2.18. The molecule has 0 saturated heterocycles. The van der Waals surface area contributed by atoms with Gasteiger partial charge in [-0.3, -0.25) is 19.2 Å². The first-order valence-electron chi connectivity index (χ1n) is 9.15. The summed E-state index contributed by atoms with van der Waals surface area (Å²) >= 11 is 0. The van der Waals surface area contributed by atoms with E-state index < -0.39 is 60.1 Å². The van der Waals surface area contributed by atoms with Gasteiger partial charge in [0.2, 0.25) is 17.5 Å². The van der Waals surface area contributed by atoms with Gasteiger partial charge in [0.25, 0.3) is 0 Å². The van der Waals surface area contributed by atoms with Gasteiger partial charge in [0.05, 0.1) is 6.42 Å². The first kappa shape index (κ1) is 24.7. The van der Waals surface area contributed by atoms with Gasteiger partial charge in [0.1, 0.15) is 18.2 Å². The molecule has 0 aromatic heterocycles. The molecule has 2 atom stereocenters. The van der Waals surface area contributed by atoms with Gasteiger partial charge in [-0.25, -0.2) is 9.18 Å². The largest absolute Gasteiger partial charge is 0.481 e. The van der Waals surface area contributed by atoms with Crippen LogP contribution in [0.1, 0.15) is 32.8 Å². The molecular weight excluding hydrogens is 399 g/mol. The van der Waals surface area contributed by atoms with Crippen LogP contribution in [0.25, 0.3) is 0 Å². The number of alkyl carbamates (subject to hydrolysis) is 1. The van der Waals surface area contributed by atoms with Gasteiger partial charge in [-0.15, -0.1) is 0 Å². The van der Waals surface area contributed by atoms with Crippen LogP contribution >= 0.6 is 0 Å². The van der Waals surface area contributed by atoms with Crippen LogP contribution in [0, 0.1) is 5.92 Å². The van der Waals surface area contributed by atoms with Gasteiger partial charge in [0, 0.05) is 0 Å². The second-order valence-corrected chi connectivity index (χ2v) is 7.09. The number of amides is 2. The number of carbonyl (C=O) groups excluding carboxylic acids is 4. The van der Waals surface area contributed by atoms with Gasteiger partial charge in [0.15, 0.2) is 6.67 Å². The first-order chi connectivity index (χ1) is 14.0. The van der Waals surface area contributed by atoms with Crippen LogP contribution < -0.4 is 10.6 Å². The van der Waals surface area contributed by atoms with Gasteiger partial charge in [-0.2, -0.15) is 0 Å². The number of rotatable bonds is 11. The summed E-state index contributed by atoms with van der Waals surface area (Å²) < 4.78 is 17.6. The van der Waals surface area contributed by atoms with Crippen molar-refractivity contribution in [2.24, 2.45) is 5.92 Å². The molecule has 0 fully saturated rings. The Morgan fingerprint density at radius 2 is 1.73 bits per heavy atom. The Hall–Kier alpha value is -3.30. The molecule has 0 heterocycles. The van der Waals surface area contributed by atoms with Crippen molar-refractivity contribution in [1.82, 2.24) is 10.6 Å². The molecule has 30 heavy (non-hydrogen) atoms. The lowest BCUT2D eigenvalue weighted by Crippen LogP contribution is -2.62. The van der Waals surface area contributed by atoms with Crippen molar-refractivity contribution in [2.45, 2.75) is 45.4 Å². The maximum Gasteiger partial charge on any atom is 0.408 e. The molecule has 1 rings (SSSR count). The zero-order valence-electron chi connectivity index (χ0n) is 16.9. The summed E-state index contributed by atoms with van der Waals surface area (Å²) in [5.41, 5.74) is -0.885. The van der Waals surface area contributed by atoms with E-state index in [1.165, 1.54) is 6.92 Å². The highest BCUT2D eigenvalue weighted by molar-refractivity contribution is 6.40. The monoisotopic (exact) mass is 424 g/mol. The molecule has 9 nitrogen and oxygen atoms in total. The van der Waals surface area contributed by atoms with Crippen molar-refractivity contribution >= 4 is 29.5 Å². The number of alkyl halides is 1. The molecular formula is C20H25FN2O7. The Balaban J connectivity index is 2.91. The molecule has 1 aromatic carbocycles. The number of Topliss-reactive ketones (excluding diaryl/α,β-unsaturated/α-hetero) is 2. The highest BCUT2D eigenvalue weighted by Gasteiger charge is 2.41. The van der Waals surface area contributed by atoms with E-state index in [1.54, 1.807) is 44.2 Å². The number of ketones is 2. The van der Waals surface area contributed by atoms with Gasteiger partial charge < -0.3 is 20.5 Å². The number of hydrogen-bond donors (Lipinski definition) is 3. The number of benzene rings is 1. The van der Waals surface area contributed by atoms with Crippen LogP contribution in [0.2, 0.25) is 0 Å². The SMILES string of the molecule is CC(C)C(C)(NC(=O)OCc1ccccc1)C(=O)NC(CC(=O)O)C(=O)C(=O)CF. The molecule has 1 aromatic rings. The molecule has 0 spiro atoms. The fraction of sp³-hybridized carbons (Fsp3) is 0.450. The number of carboxylic acids is 1. The number of hydrogen-bond acceptors (Lipinski definition) is 6. The van der Waals surface area contributed by atoms with E-state index in [1.807, 2.05) is 0 Å². The first-order valence-corrected chi connectivity index (χ1v) is 9.15. The van der Waals surface area contributed by atoms with Crippen LogP contribution in [0.15, 0.2) is 30.3 Å². The van der Waals surface area contributed by atoms with Crippen LogP contribution in [-0.4, -0.2) is 52.9 Å². The Morgan fingerprint density at radius 3 is 2.23 bits per heavy atom. The number of aliphatic carboxylic acids is 1. The second-order valence-electron chi connectivity index (χ2n) is 7.09. The fourth-order valence-electron chi connectivity index (χ4n) is 2.39. The van der Waals surface area contributed by atoms with Gasteiger partial charge in [-0.1, -0.05) is 44.2 Å². The molecule has 164 valence electrons. The number of ether oxygens (including phenoxy) is 1. The molecule has 0 aliphatic heterocycles. The molecule has 0 radical (unpaired) electrons. The topological polar surface area (TPSA) is 139 Å². The Morgan fingerprint density at radius 1 is 1.13 bits per heavy atom. The van der Waals surface area contributed by atoms with E-state index in [0.717, 1.165) is 5.56 Å². The Bertz CT molecular complexity index is 798. The van der Waals surface area contributed by atoms with E-state index in [0.29, 0.717) is 0 Å². The summed E-state index contributed by atoms with van der Waals surface area (Å²) in [6.45, 7) is 2.91. The summed E-state index contributed by atoms with van der Waals surface area (Å²) in [7, 11) is 0. The van der Waals surface area contributed by atoms with E-state index in [9.17, 15) is 28.4 Å². The van der Waals surface area contributed by atoms with E-state index in [-0.39, 0.29) is 6.61 Å². The number of nitrogens with one attached hydrogen (secondary N) is 2. The summed E-state index contributed by atoms with van der Waals surface area (Å²) in [6, 6.07) is 7.04. The fourth-order valence-corrected chi connectivity index (χ4v) is 2.39. The molecule has 0 saturated carbocycles. The van der Waals surface area contributed by atoms with Crippen LogP contribution in [-0.2, 0) is 30.5 Å². The Labute approximate surface area is 173 Å². The lowest BCUT2D eigenvalue weighted by Gasteiger charge is -2.34. The van der Waals surface area contributed by atoms with Crippen LogP contribution in [0.3, 0.4) is 0 Å². The standard InChI is InChI=1S/C20H25FN2O7/c1-12(2)20(3,23-19(29)30-11-13-7-5-4-6-8-13)18(28)22-14(9-16(25)26)17(27)15(24)10-21/h4-8,12,14H,9-11H2,1-3H3,(H,22,28)(H,23,29)(H,25,26). The molecule has 2 unspecified atom stereocenters. The maximum absolute atomic E-state index is 12.8. The normalized spacial score (nSPS) is 13.6. The average molecular weight is 424 g/mol. The number of carbonyl (C=O) groups is 5. The molecule has 0 bridgehead atoms. The predicted octanol–water partition coefficient (Wildman–Crippen LogP) is 1.39. The maximum atomic E-state index is 12.8. The van der Waals surface area contributed by atoms with Crippen molar-refractivity contribution in [3.63, 3.8) is 0 Å². The summed E-state index contributed by atoms with van der Waals surface area (Å²) in [5.74, 6) is -5.73. The van der Waals surface area contributed by atoms with Crippen molar-refractivity contribution in [1.29, 1.82) is 0 Å². The third-order valence-electron chi connectivity index (χ3n) is 4.60. The van der Waals surface area contributed by atoms with E-state index in [2.05, 4.69) is 10.6 Å². The lowest BCUT2D eigenvalue weighted by atomic mass is 9.87. The van der Waals surface area contributed by atoms with E-state index in [4.69, 9.17) is 9.84 Å². The molecule has 3 N–H and O–H groups in total. The summed E-state index contributed by atoms with van der Waals surface area (Å²) in [5, 5.41) is 13.5. The van der Waals surface area contributed by atoms with Gasteiger partial charge in [-0.05, 0) is 18.4 Å². The van der Waals surface area contributed by atoms with Crippen molar-refractivity contribution in [3.8, 4) is 0 Å². The minimum Gasteiger partial charge on any atom is -0.481 e. The smallest absolute Gasteiger partial charge is 0.408 e. The van der Waals surface area contributed by atoms with E-state index >= 15 is 0 Å². The minimum absolute atomic E-state index is 0.0480. The summed E-state index contributed by atoms with van der Waals surface area (Å²) in [6.07, 6.45) is -1.82. The second kappa shape index (κ2) is 11.0. The molecule has 10 heteroatoms. The minimum atomic E-state index is -1.77. The predicted molar refractivity (Wildman–Crippen MR) is 103 cm³/mol. The lowest BCUT2D eigenvalue weighted by molar-refractivity contribution is -0.144. The van der Waals surface area contributed by atoms with Crippen LogP contribution in [0.5, 0.6) is 0 Å². The highest BCUT2D eigenvalue weighted by atomic mass is 19.1. The van der Waals surface area contributed by atoms with Crippen molar-refractivity contribution in [3.05, 3.63) is 35.9 Å². The molecule has 2 amide bonds. The van der Waals surface area contributed by atoms with Crippen molar-refractivity contribution in [2.75, 3.05) is 6.67 Å². The zero-order chi connectivity index (χ0) is 22.9. The zero-order valence-corrected chi connectivity index (χ0v) is 16.9. The van der Waals surface area contributed by atoms with Crippen molar-refractivity contribution < 1.29 is 38.2 Å². The van der Waals surface area contributed by atoms with Gasteiger partial charge >= 0.3 is 12.1 Å². The number of halogens is 1. The third kappa shape index (κ3) is 6.94.